The molecule has 0 spiro atoms. The van der Waals surface area contributed by atoms with Gasteiger partial charge in [-0.1, -0.05) is 66.7 Å². The van der Waals surface area contributed by atoms with Crippen molar-refractivity contribution in [2.75, 3.05) is 0 Å². The van der Waals surface area contributed by atoms with Crippen LogP contribution >= 0.6 is 0 Å². The van der Waals surface area contributed by atoms with Crippen LogP contribution < -0.4 is 0 Å². The molecule has 5 aliphatic carbocycles. The van der Waals surface area contributed by atoms with E-state index in [1.165, 1.54) is 12.0 Å². The third-order valence-electron chi connectivity index (χ3n) is 13.6. The molecule has 39 heavy (non-hydrogen) atoms. The minimum absolute atomic E-state index is 0.0261. The SMILES string of the molecule is C=C1CC2[C@@]3(C)C=C(C#N)C(=O)C(C)(C)C3CC[C@@]2(C)[C@]2(C)CC[C@@]3(c4nnn(C)n4)CCC(C)(C)CC3[C@H]12. The fourth-order valence-electron chi connectivity index (χ4n) is 11.4. The Hall–Kier alpha value is -2.29. The van der Waals surface area contributed by atoms with Gasteiger partial charge >= 0.3 is 0 Å². The van der Waals surface area contributed by atoms with E-state index in [0.717, 1.165) is 50.8 Å². The molecule has 0 saturated heterocycles. The summed E-state index contributed by atoms with van der Waals surface area (Å²) in [6.45, 7) is 21.4. The number of carbonyl (C=O) groups excluding carboxylic acids is 1. The molecule has 4 saturated carbocycles. The van der Waals surface area contributed by atoms with Crippen LogP contribution in [0.25, 0.3) is 0 Å². The van der Waals surface area contributed by atoms with Crippen molar-refractivity contribution in [3.63, 3.8) is 0 Å². The largest absolute Gasteiger partial charge is 0.293 e. The first kappa shape index (κ1) is 26.9. The number of hydrogen-bond acceptors (Lipinski definition) is 5. The Balaban J connectivity index is 1.49. The maximum atomic E-state index is 13.3. The molecule has 210 valence electrons. The molecule has 3 unspecified atom stereocenters. The van der Waals surface area contributed by atoms with Gasteiger partial charge in [0.15, 0.2) is 11.6 Å². The van der Waals surface area contributed by atoms with Gasteiger partial charge in [-0.3, -0.25) is 4.79 Å². The molecule has 4 fully saturated rings. The van der Waals surface area contributed by atoms with Crippen molar-refractivity contribution in [2.45, 2.75) is 105 Å². The number of tetrazole rings is 1. The van der Waals surface area contributed by atoms with E-state index in [4.69, 9.17) is 11.7 Å². The highest BCUT2D eigenvalue weighted by Crippen LogP contribution is 2.77. The summed E-state index contributed by atoms with van der Waals surface area (Å²) in [5.74, 6) is 2.39. The van der Waals surface area contributed by atoms with Crippen LogP contribution in [0.4, 0.5) is 0 Å². The molecule has 8 atom stereocenters. The highest BCUT2D eigenvalue weighted by atomic mass is 16.1. The molecular weight excluding hydrogens is 482 g/mol. The molecule has 1 heterocycles. The van der Waals surface area contributed by atoms with E-state index in [-0.39, 0.29) is 38.8 Å². The number of allylic oxidation sites excluding steroid dienone is 3. The number of fused-ring (bicyclic) bond motifs is 7. The fourth-order valence-corrected chi connectivity index (χ4v) is 11.4. The summed E-state index contributed by atoms with van der Waals surface area (Å²) in [6, 6.07) is 2.29. The third kappa shape index (κ3) is 3.25. The molecule has 0 N–H and O–H groups in total. The summed E-state index contributed by atoms with van der Waals surface area (Å²) in [5, 5.41) is 23.8. The molecule has 6 nitrogen and oxygen atoms in total. The van der Waals surface area contributed by atoms with Gasteiger partial charge in [0, 0.05) is 10.8 Å². The molecule has 5 aliphatic rings. The van der Waals surface area contributed by atoms with Crippen LogP contribution in [-0.2, 0) is 17.3 Å². The lowest BCUT2D eigenvalue weighted by Gasteiger charge is -2.72. The molecule has 6 heteroatoms. The Bertz CT molecular complexity index is 1330. The van der Waals surface area contributed by atoms with Crippen LogP contribution in [-0.4, -0.2) is 26.0 Å². The summed E-state index contributed by atoms with van der Waals surface area (Å²) >= 11 is 0. The van der Waals surface area contributed by atoms with Crippen LogP contribution in [0, 0.1) is 62.1 Å². The molecule has 6 rings (SSSR count). The van der Waals surface area contributed by atoms with Gasteiger partial charge in [-0.15, -0.1) is 10.2 Å². The minimum Gasteiger partial charge on any atom is -0.293 e. The van der Waals surface area contributed by atoms with Crippen LogP contribution in [0.2, 0.25) is 0 Å². The summed E-state index contributed by atoms with van der Waals surface area (Å²) in [4.78, 5) is 15.0. The van der Waals surface area contributed by atoms with Gasteiger partial charge in [-0.05, 0) is 102 Å². The normalized spacial score (nSPS) is 46.2. The van der Waals surface area contributed by atoms with Gasteiger partial charge in [-0.25, -0.2) is 0 Å². The highest BCUT2D eigenvalue weighted by Gasteiger charge is 2.71. The predicted molar refractivity (Wildman–Crippen MR) is 151 cm³/mol. The first-order chi connectivity index (χ1) is 18.1. The number of carbonyl (C=O) groups is 1. The molecule has 0 aromatic carbocycles. The average molecular weight is 530 g/mol. The van der Waals surface area contributed by atoms with Crippen molar-refractivity contribution in [3.8, 4) is 6.07 Å². The summed E-state index contributed by atoms with van der Waals surface area (Å²) < 4.78 is 0. The number of nitrogens with zero attached hydrogens (tertiary/aromatic N) is 5. The van der Waals surface area contributed by atoms with E-state index in [1.807, 2.05) is 7.05 Å². The van der Waals surface area contributed by atoms with Crippen molar-refractivity contribution < 1.29 is 4.79 Å². The maximum absolute atomic E-state index is 13.3. The van der Waals surface area contributed by atoms with Crippen LogP contribution in [0.1, 0.15) is 106 Å². The smallest absolute Gasteiger partial charge is 0.181 e. The van der Waals surface area contributed by atoms with Crippen LogP contribution in [0.15, 0.2) is 23.8 Å². The Morgan fingerprint density at radius 3 is 2.33 bits per heavy atom. The van der Waals surface area contributed by atoms with Gasteiger partial charge in [0.25, 0.3) is 0 Å². The standard InChI is InChI=1S/C33H47N5O/c1-20-16-24-30(6)17-21(19-34)26(39)29(4,5)23(30)10-11-31(24,7)32(8)13-15-33(27-35-37-38(9)36-27)14-12-28(2,3)18-22(33)25(20)32/h17,22-25H,1,10-16,18H2,2-9H3/t22?,23?,24?,25-,30-,31+,32+,33-/m0/s1. The predicted octanol–water partition coefficient (Wildman–Crippen LogP) is 6.75. The Labute approximate surface area is 234 Å². The molecular formula is C33H47N5O. The highest BCUT2D eigenvalue weighted by molar-refractivity contribution is 6.04. The van der Waals surface area contributed by atoms with Crippen LogP contribution in [0.3, 0.4) is 0 Å². The zero-order valence-corrected chi connectivity index (χ0v) is 25.4. The van der Waals surface area contributed by atoms with Crippen LogP contribution in [0.5, 0.6) is 0 Å². The number of nitriles is 1. The quantitative estimate of drug-likeness (QED) is 0.376. The Morgan fingerprint density at radius 1 is 1.00 bits per heavy atom. The monoisotopic (exact) mass is 529 g/mol. The lowest BCUT2D eigenvalue weighted by Crippen LogP contribution is -2.67. The number of rotatable bonds is 1. The van der Waals surface area contributed by atoms with Crippen molar-refractivity contribution >= 4 is 5.78 Å². The zero-order chi connectivity index (χ0) is 28.4. The molecule has 1 aromatic heterocycles. The maximum Gasteiger partial charge on any atom is 0.181 e. The van der Waals surface area contributed by atoms with E-state index < -0.39 is 5.41 Å². The second-order valence-electron chi connectivity index (χ2n) is 16.1. The molecule has 0 aliphatic heterocycles. The topological polar surface area (TPSA) is 84.5 Å². The number of hydrogen-bond donors (Lipinski definition) is 0. The number of aryl methyl sites for hydroxylation is 1. The Kier molecular flexibility index (Phi) is 5.46. The second-order valence-corrected chi connectivity index (χ2v) is 16.1. The zero-order valence-electron chi connectivity index (χ0n) is 25.4. The number of ketones is 1. The molecule has 0 bridgehead atoms. The van der Waals surface area contributed by atoms with E-state index in [0.29, 0.717) is 23.3 Å². The lowest BCUT2D eigenvalue weighted by atomic mass is 9.31. The Morgan fingerprint density at radius 2 is 1.69 bits per heavy atom. The van der Waals surface area contributed by atoms with E-state index in [1.54, 1.807) is 4.80 Å². The van der Waals surface area contributed by atoms with Crippen molar-refractivity contribution in [1.29, 1.82) is 5.26 Å². The summed E-state index contributed by atoms with van der Waals surface area (Å²) in [6.07, 6.45) is 10.9. The summed E-state index contributed by atoms with van der Waals surface area (Å²) in [7, 11) is 1.88. The second kappa shape index (κ2) is 7.92. The van der Waals surface area contributed by atoms with E-state index in [9.17, 15) is 10.1 Å². The lowest BCUT2D eigenvalue weighted by molar-refractivity contribution is -0.201. The van der Waals surface area contributed by atoms with Crippen molar-refractivity contribution in [1.82, 2.24) is 20.2 Å². The van der Waals surface area contributed by atoms with Gasteiger partial charge in [0.1, 0.15) is 6.07 Å². The summed E-state index contributed by atoms with van der Waals surface area (Å²) in [5.41, 5.74) is 1.40. The molecule has 0 amide bonds. The molecule has 1 aromatic rings. The first-order valence-corrected chi connectivity index (χ1v) is 15.2. The van der Waals surface area contributed by atoms with E-state index >= 15 is 0 Å². The number of aromatic nitrogens is 4. The minimum atomic E-state index is -0.526. The van der Waals surface area contributed by atoms with Crippen molar-refractivity contribution in [3.05, 3.63) is 29.6 Å². The van der Waals surface area contributed by atoms with Crippen molar-refractivity contribution in [2.24, 2.45) is 57.8 Å². The average Bonchev–Trinajstić information content (AvgIpc) is 3.29. The third-order valence-corrected chi connectivity index (χ3v) is 13.6. The fraction of sp³-hybridized carbons (Fsp3) is 0.788. The first-order valence-electron chi connectivity index (χ1n) is 15.2. The van der Waals surface area contributed by atoms with E-state index in [2.05, 4.69) is 70.9 Å². The number of Topliss-reactive ketones (excluding diaryl/α,β-unsaturated/α-hetero) is 1. The van der Waals surface area contributed by atoms with Gasteiger partial charge in [0.05, 0.1) is 12.6 Å². The van der Waals surface area contributed by atoms with Gasteiger partial charge in [-0.2, -0.15) is 10.1 Å². The molecule has 0 radical (unpaired) electrons. The van der Waals surface area contributed by atoms with Gasteiger partial charge in [0.2, 0.25) is 0 Å². The van der Waals surface area contributed by atoms with Gasteiger partial charge < -0.3 is 0 Å².